The molecule has 0 radical (unpaired) electrons. The van der Waals surface area contributed by atoms with Crippen LogP contribution in [-0.2, 0) is 0 Å². The molecule has 0 saturated carbocycles. The summed E-state index contributed by atoms with van der Waals surface area (Å²) >= 11 is 0. The molecule has 0 rings (SSSR count). The van der Waals surface area contributed by atoms with Crippen molar-refractivity contribution in [3.8, 4) is 0 Å². The summed E-state index contributed by atoms with van der Waals surface area (Å²) in [6, 6.07) is 0. The first-order valence-electron chi connectivity index (χ1n) is 8.20. The van der Waals surface area contributed by atoms with E-state index in [1.807, 2.05) is 21.4 Å². The molecule has 0 aromatic rings. The van der Waals surface area contributed by atoms with Crippen LogP contribution in [0.2, 0.25) is 20.5 Å². The summed E-state index contributed by atoms with van der Waals surface area (Å²) in [7, 11) is -1.66. The summed E-state index contributed by atoms with van der Waals surface area (Å²) in [6.07, 6.45) is 0.616. The van der Waals surface area contributed by atoms with Crippen molar-refractivity contribution < 1.29 is 20.2 Å². The molecule has 0 unspecified atom stereocenters. The van der Waals surface area contributed by atoms with Crippen LogP contribution in [0.1, 0.15) is 13.3 Å². The largest absolute Gasteiger partial charge is 0.437 e. The van der Waals surface area contributed by atoms with Gasteiger partial charge in [0.15, 0.2) is 0 Å². The molecule has 0 fully saturated rings. The van der Waals surface area contributed by atoms with Crippen molar-refractivity contribution in [2.75, 3.05) is 45.9 Å². The van der Waals surface area contributed by atoms with Crippen LogP contribution < -0.4 is 0 Å². The highest BCUT2D eigenvalue weighted by molar-refractivity contribution is 6.46. The number of nitrogens with zero attached hydrogens (tertiary/aromatic N) is 3. The number of hydrogen-bond acceptors (Lipinski definition) is 7. The summed E-state index contributed by atoms with van der Waals surface area (Å²) in [5.74, 6) is 0. The first-order chi connectivity index (χ1) is 10.3. The highest BCUT2D eigenvalue weighted by Crippen LogP contribution is 2.00. The molecule has 22 heavy (non-hydrogen) atoms. The van der Waals surface area contributed by atoms with Crippen LogP contribution in [0.4, 0.5) is 0 Å². The zero-order chi connectivity index (χ0) is 17.1. The lowest BCUT2D eigenvalue weighted by atomic mass is 9.82. The summed E-state index contributed by atoms with van der Waals surface area (Å²) in [5, 5.41) is 38.2. The quantitative estimate of drug-likeness (QED) is 0.312. The number of rotatable bonds is 13. The molecule has 0 heterocycles. The van der Waals surface area contributed by atoms with Crippen LogP contribution in [0.5, 0.6) is 0 Å². The molecule has 10 heteroatoms. The minimum absolute atomic E-state index is 0.100. The van der Waals surface area contributed by atoms with Crippen molar-refractivity contribution in [3.05, 3.63) is 0 Å². The van der Waals surface area contributed by atoms with Gasteiger partial charge in [-0.3, -0.25) is 0 Å². The van der Waals surface area contributed by atoms with Crippen LogP contribution >= 0.6 is 0 Å². The third-order valence-corrected chi connectivity index (χ3v) is 3.94. The molecule has 0 spiro atoms. The molecule has 0 atom stereocenters. The van der Waals surface area contributed by atoms with E-state index in [1.54, 1.807) is 20.5 Å². The van der Waals surface area contributed by atoms with E-state index in [1.165, 1.54) is 0 Å². The molecule has 0 aromatic heterocycles. The predicted octanol–water partition coefficient (Wildman–Crippen LogP) is -1.37. The van der Waals surface area contributed by atoms with Crippen LogP contribution in [0.25, 0.3) is 0 Å². The van der Waals surface area contributed by atoms with Gasteiger partial charge in [-0.05, 0) is 40.0 Å². The Hall–Kier alpha value is -0.0852. The molecule has 4 N–H and O–H groups in total. The van der Waals surface area contributed by atoms with Crippen LogP contribution in [0, 0.1) is 0 Å². The molecule has 128 valence electrons. The third-order valence-electron chi connectivity index (χ3n) is 3.94. The van der Waals surface area contributed by atoms with Gasteiger partial charge in [-0.25, -0.2) is 0 Å². The second kappa shape index (κ2) is 12.4. The minimum Gasteiger partial charge on any atom is -0.437 e. The zero-order valence-electron chi connectivity index (χ0n) is 14.5. The van der Waals surface area contributed by atoms with Gasteiger partial charge in [-0.2, -0.15) is 0 Å². The molecule has 0 aromatic carbocycles. The normalized spacial score (nSPS) is 11.6. The van der Waals surface area contributed by atoms with Crippen molar-refractivity contribution in [1.29, 1.82) is 0 Å². The number of hydrogen-bond donors (Lipinski definition) is 4. The van der Waals surface area contributed by atoms with Crippen molar-refractivity contribution in [2.45, 2.75) is 33.8 Å². The van der Waals surface area contributed by atoms with Gasteiger partial charge in [0.25, 0.3) is 0 Å². The number of aliphatic hydroxyl groups excluding tert-OH is 1. The summed E-state index contributed by atoms with van der Waals surface area (Å²) in [4.78, 5) is 5.71. The van der Waals surface area contributed by atoms with Crippen LogP contribution in [0.15, 0.2) is 0 Å². The van der Waals surface area contributed by atoms with E-state index in [9.17, 15) is 15.1 Å². The molecule has 0 saturated heterocycles. The van der Waals surface area contributed by atoms with Crippen molar-refractivity contribution in [2.24, 2.45) is 0 Å². The van der Waals surface area contributed by atoms with Gasteiger partial charge in [-0.15, -0.1) is 0 Å². The van der Waals surface area contributed by atoms with E-state index in [2.05, 4.69) is 0 Å². The fourth-order valence-electron chi connectivity index (χ4n) is 2.37. The molecule has 0 aliphatic rings. The molecule has 0 aliphatic heterocycles. The second-order valence-corrected chi connectivity index (χ2v) is 5.67. The molecular formula is C12H32B3N3O4. The van der Waals surface area contributed by atoms with E-state index in [4.69, 9.17) is 5.11 Å². The monoisotopic (exact) mass is 315 g/mol. The van der Waals surface area contributed by atoms with Gasteiger partial charge >= 0.3 is 21.2 Å². The summed E-state index contributed by atoms with van der Waals surface area (Å²) in [6.45, 7) is 11.2. The van der Waals surface area contributed by atoms with E-state index in [0.717, 1.165) is 6.54 Å². The number of likely N-dealkylation sites (N-methyl/N-ethyl adjacent to an activating group) is 1. The Labute approximate surface area is 136 Å². The highest BCUT2D eigenvalue weighted by atomic mass is 16.3. The van der Waals surface area contributed by atoms with Crippen molar-refractivity contribution in [3.63, 3.8) is 0 Å². The fourth-order valence-corrected chi connectivity index (χ4v) is 2.37. The van der Waals surface area contributed by atoms with E-state index < -0.39 is 21.2 Å². The smallest absolute Gasteiger partial charge is 0.376 e. The maximum absolute atomic E-state index is 9.89. The Morgan fingerprint density at radius 2 is 1.05 bits per heavy atom. The SMILES string of the molecule is CCN(CCN(CCN(CCCO)B(C)O)B(C)O)B(C)O. The Morgan fingerprint density at radius 1 is 0.682 bits per heavy atom. The van der Waals surface area contributed by atoms with Gasteiger partial charge < -0.3 is 34.6 Å². The molecule has 0 amide bonds. The Bertz CT molecular complexity index is 276. The first-order valence-corrected chi connectivity index (χ1v) is 8.20. The Morgan fingerprint density at radius 3 is 1.36 bits per heavy atom. The maximum Gasteiger partial charge on any atom is 0.376 e. The van der Waals surface area contributed by atoms with E-state index in [-0.39, 0.29) is 6.61 Å². The van der Waals surface area contributed by atoms with E-state index in [0.29, 0.717) is 39.1 Å². The lowest BCUT2D eigenvalue weighted by Crippen LogP contribution is -2.50. The average Bonchev–Trinajstić information content (AvgIpc) is 2.44. The van der Waals surface area contributed by atoms with Crippen molar-refractivity contribution in [1.82, 2.24) is 14.4 Å². The standard InChI is InChI=1S/C12H32B3N3O4/c1-5-16(13(2)20)8-9-18(15(4)22)11-10-17(14(3)21)7-6-12-19/h19-22H,5-12H2,1-4H3. The first kappa shape index (κ1) is 21.9. The highest BCUT2D eigenvalue weighted by Gasteiger charge is 2.22. The summed E-state index contributed by atoms with van der Waals surface area (Å²) < 4.78 is 0. The number of aliphatic hydroxyl groups is 1. The van der Waals surface area contributed by atoms with E-state index >= 15 is 0 Å². The second-order valence-electron chi connectivity index (χ2n) is 5.67. The van der Waals surface area contributed by atoms with Gasteiger partial charge in [0.2, 0.25) is 0 Å². The Balaban J connectivity index is 4.38. The molecule has 7 nitrogen and oxygen atoms in total. The minimum atomic E-state index is -0.582. The summed E-state index contributed by atoms with van der Waals surface area (Å²) in [5.41, 5.74) is 0. The lowest BCUT2D eigenvalue weighted by molar-refractivity contribution is 0.246. The van der Waals surface area contributed by atoms with Gasteiger partial charge in [-0.1, -0.05) is 6.92 Å². The van der Waals surface area contributed by atoms with Gasteiger partial charge in [0.1, 0.15) is 0 Å². The maximum atomic E-state index is 9.89. The predicted molar refractivity (Wildman–Crippen MR) is 93.6 cm³/mol. The lowest BCUT2D eigenvalue weighted by Gasteiger charge is -2.31. The fraction of sp³-hybridized carbons (Fsp3) is 1.00. The van der Waals surface area contributed by atoms with Crippen molar-refractivity contribution >= 4 is 21.2 Å². The Kier molecular flexibility index (Phi) is 12.3. The van der Waals surface area contributed by atoms with Gasteiger partial charge in [0, 0.05) is 32.8 Å². The average molecular weight is 315 g/mol. The van der Waals surface area contributed by atoms with Gasteiger partial charge in [0.05, 0.1) is 0 Å². The van der Waals surface area contributed by atoms with Crippen LogP contribution in [-0.4, -0.2) is 102 Å². The molecule has 0 aliphatic carbocycles. The molecular weight excluding hydrogens is 283 g/mol. The zero-order valence-corrected chi connectivity index (χ0v) is 14.5. The molecule has 0 bridgehead atoms. The van der Waals surface area contributed by atoms with Crippen LogP contribution in [0.3, 0.4) is 0 Å². The topological polar surface area (TPSA) is 90.6 Å². The third kappa shape index (κ3) is 9.14.